The smallest absolute Gasteiger partial charge is 0.0929 e. The van der Waals surface area contributed by atoms with Gasteiger partial charge in [0.1, 0.15) is 0 Å². The van der Waals surface area contributed by atoms with Gasteiger partial charge in [0, 0.05) is 24.7 Å². The number of aromatic nitrogens is 1. The lowest BCUT2D eigenvalue weighted by molar-refractivity contribution is 0.182. The van der Waals surface area contributed by atoms with Crippen LogP contribution in [0, 0.1) is 0 Å². The first kappa shape index (κ1) is 14.7. The first-order chi connectivity index (χ1) is 9.08. The Bertz CT molecular complexity index is 617. The van der Waals surface area contributed by atoms with Crippen LogP contribution in [0.25, 0.3) is 10.9 Å². The van der Waals surface area contributed by atoms with Gasteiger partial charge >= 0.3 is 0 Å². The van der Waals surface area contributed by atoms with E-state index < -0.39 is 0 Å². The maximum Gasteiger partial charge on any atom is 0.0929 e. The topological polar surface area (TPSA) is 34.1 Å². The van der Waals surface area contributed by atoms with E-state index in [9.17, 15) is 0 Å². The fraction of sp³-hybridized carbons (Fsp3) is 0.308. The number of rotatable bonds is 4. The largest absolute Gasteiger partial charge is 0.385 e. The number of nitrogens with one attached hydrogen (secondary N) is 1. The fourth-order valence-electron chi connectivity index (χ4n) is 1.91. The number of fused-ring (bicyclic) bond motifs is 1. The van der Waals surface area contributed by atoms with E-state index in [1.165, 1.54) is 0 Å². The molecule has 0 unspecified atom stereocenters. The van der Waals surface area contributed by atoms with E-state index >= 15 is 0 Å². The Morgan fingerprint density at radius 1 is 1.21 bits per heavy atom. The van der Waals surface area contributed by atoms with Crippen molar-refractivity contribution in [2.75, 3.05) is 19.0 Å². The number of hydrogen-bond acceptors (Lipinski definition) is 3. The lowest BCUT2D eigenvalue weighted by atomic mass is 10.1. The van der Waals surface area contributed by atoms with Gasteiger partial charge in [-0.25, -0.2) is 4.98 Å². The van der Waals surface area contributed by atoms with Crippen LogP contribution in [-0.4, -0.2) is 18.6 Å². The van der Waals surface area contributed by atoms with Crippen LogP contribution in [0.3, 0.4) is 0 Å². The van der Waals surface area contributed by atoms with Crippen LogP contribution in [0.4, 0.5) is 5.69 Å². The van der Waals surface area contributed by atoms with Crippen LogP contribution >= 0.6 is 34.8 Å². The molecule has 0 fully saturated rings. The molecule has 19 heavy (non-hydrogen) atoms. The maximum absolute atomic E-state index is 6.27. The molecule has 1 N–H and O–H groups in total. The molecular formula is C13H13Cl3N2O. The minimum atomic E-state index is 0.408. The zero-order valence-electron chi connectivity index (χ0n) is 10.6. The third-order valence-electron chi connectivity index (χ3n) is 2.64. The highest BCUT2D eigenvalue weighted by atomic mass is 35.5. The molecule has 102 valence electrons. The third kappa shape index (κ3) is 2.90. The molecule has 1 heterocycles. The maximum atomic E-state index is 6.27. The van der Waals surface area contributed by atoms with Crippen molar-refractivity contribution in [3.63, 3.8) is 0 Å². The molecule has 0 amide bonds. The van der Waals surface area contributed by atoms with Crippen LogP contribution in [0.15, 0.2) is 12.1 Å². The highest BCUT2D eigenvalue weighted by Crippen LogP contribution is 2.39. The van der Waals surface area contributed by atoms with E-state index in [1.807, 2.05) is 13.0 Å². The quantitative estimate of drug-likeness (QED) is 0.824. The molecule has 0 atom stereocenters. The predicted molar refractivity (Wildman–Crippen MR) is 81.6 cm³/mol. The predicted octanol–water partition coefficient (Wildman–Crippen LogP) is 4.77. The summed E-state index contributed by atoms with van der Waals surface area (Å²) in [7, 11) is 1.62. The summed E-state index contributed by atoms with van der Waals surface area (Å²) in [6.45, 7) is 3.17. The summed E-state index contributed by atoms with van der Waals surface area (Å²) >= 11 is 18.5. The highest BCUT2D eigenvalue weighted by Gasteiger charge is 2.15. The average molecular weight is 320 g/mol. The van der Waals surface area contributed by atoms with Crippen molar-refractivity contribution in [2.24, 2.45) is 0 Å². The van der Waals surface area contributed by atoms with Gasteiger partial charge in [0.05, 0.1) is 32.9 Å². The molecule has 0 spiro atoms. The zero-order chi connectivity index (χ0) is 14.0. The number of hydrogen-bond donors (Lipinski definition) is 1. The second-order valence-corrected chi connectivity index (χ2v) is 5.19. The molecule has 2 aromatic rings. The first-order valence-electron chi connectivity index (χ1n) is 5.78. The molecular weight excluding hydrogens is 307 g/mol. The Balaban J connectivity index is 2.78. The van der Waals surface area contributed by atoms with Gasteiger partial charge in [-0.3, -0.25) is 0 Å². The van der Waals surface area contributed by atoms with Gasteiger partial charge in [-0.2, -0.15) is 0 Å². The molecule has 0 saturated carbocycles. The second kappa shape index (κ2) is 6.14. The molecule has 1 aromatic heterocycles. The summed E-state index contributed by atoms with van der Waals surface area (Å²) in [5.74, 6) is 0. The van der Waals surface area contributed by atoms with Gasteiger partial charge in [0.25, 0.3) is 0 Å². The van der Waals surface area contributed by atoms with Crippen molar-refractivity contribution in [1.82, 2.24) is 4.98 Å². The summed E-state index contributed by atoms with van der Waals surface area (Å²) in [5, 5.41) is 5.33. The average Bonchev–Trinajstić information content (AvgIpc) is 2.36. The molecule has 6 heteroatoms. The van der Waals surface area contributed by atoms with Gasteiger partial charge < -0.3 is 10.1 Å². The Hall–Kier alpha value is -0.740. The number of pyridine rings is 1. The van der Waals surface area contributed by atoms with E-state index in [1.54, 1.807) is 13.2 Å². The molecule has 1 aromatic carbocycles. The monoisotopic (exact) mass is 318 g/mol. The molecule has 0 aliphatic rings. The van der Waals surface area contributed by atoms with E-state index in [-0.39, 0.29) is 0 Å². The molecule has 2 rings (SSSR count). The van der Waals surface area contributed by atoms with Gasteiger partial charge in [-0.05, 0) is 19.1 Å². The van der Waals surface area contributed by atoms with E-state index in [0.717, 1.165) is 23.3 Å². The van der Waals surface area contributed by atoms with Gasteiger partial charge in [-0.1, -0.05) is 34.8 Å². The standard InChI is InChI=1S/C13H13Cl3N2O/c1-3-17-10-4-7(6-19-2)18-13-9(15)5-8(14)12(16)11(10)13/h4-5H,3,6H2,1-2H3,(H,17,18). The Kier molecular flexibility index (Phi) is 4.74. The molecule has 0 bridgehead atoms. The van der Waals surface area contributed by atoms with Crippen LogP contribution in [0.1, 0.15) is 12.6 Å². The minimum absolute atomic E-state index is 0.408. The molecule has 0 radical (unpaired) electrons. The normalized spacial score (nSPS) is 11.0. The molecule has 0 aliphatic heterocycles. The zero-order valence-corrected chi connectivity index (χ0v) is 12.8. The number of nitrogens with zero attached hydrogens (tertiary/aromatic N) is 1. The third-order valence-corrected chi connectivity index (χ3v) is 3.72. The molecule has 3 nitrogen and oxygen atoms in total. The molecule has 0 saturated heterocycles. The van der Waals surface area contributed by atoms with Crippen molar-refractivity contribution < 1.29 is 4.74 Å². The number of benzene rings is 1. The number of halogens is 3. The highest BCUT2D eigenvalue weighted by molar-refractivity contribution is 6.48. The number of anilines is 1. The van der Waals surface area contributed by atoms with E-state index in [4.69, 9.17) is 39.5 Å². The van der Waals surface area contributed by atoms with Crippen LogP contribution in [0.5, 0.6) is 0 Å². The molecule has 0 aliphatic carbocycles. The first-order valence-corrected chi connectivity index (χ1v) is 6.91. The summed E-state index contributed by atoms with van der Waals surface area (Å²) in [5.41, 5.74) is 2.27. The summed E-state index contributed by atoms with van der Waals surface area (Å²) in [4.78, 5) is 4.47. The summed E-state index contributed by atoms with van der Waals surface area (Å²) in [6, 6.07) is 3.50. The Morgan fingerprint density at radius 2 is 1.95 bits per heavy atom. The van der Waals surface area contributed by atoms with Crippen molar-refractivity contribution in [2.45, 2.75) is 13.5 Å². The second-order valence-electron chi connectivity index (χ2n) is 4.00. The summed E-state index contributed by atoms with van der Waals surface area (Å²) in [6.07, 6.45) is 0. The Morgan fingerprint density at radius 3 is 2.58 bits per heavy atom. The minimum Gasteiger partial charge on any atom is -0.385 e. The SMILES string of the molecule is CCNc1cc(COC)nc2c(Cl)cc(Cl)c(Cl)c12. The van der Waals surface area contributed by atoms with E-state index in [2.05, 4.69) is 10.3 Å². The lowest BCUT2D eigenvalue weighted by Gasteiger charge is -2.13. The van der Waals surface area contributed by atoms with Crippen LogP contribution in [0.2, 0.25) is 15.1 Å². The van der Waals surface area contributed by atoms with Crippen molar-refractivity contribution in [3.8, 4) is 0 Å². The van der Waals surface area contributed by atoms with Gasteiger partial charge in [0.15, 0.2) is 0 Å². The van der Waals surface area contributed by atoms with E-state index in [0.29, 0.717) is 27.2 Å². The fourth-order valence-corrected chi connectivity index (χ4v) is 2.66. The number of methoxy groups -OCH3 is 1. The van der Waals surface area contributed by atoms with Crippen LogP contribution < -0.4 is 5.32 Å². The number of ether oxygens (including phenoxy) is 1. The summed E-state index contributed by atoms with van der Waals surface area (Å²) < 4.78 is 5.11. The van der Waals surface area contributed by atoms with Crippen molar-refractivity contribution in [1.29, 1.82) is 0 Å². The van der Waals surface area contributed by atoms with Gasteiger partial charge in [-0.15, -0.1) is 0 Å². The van der Waals surface area contributed by atoms with Gasteiger partial charge in [0.2, 0.25) is 0 Å². The Labute approximate surface area is 126 Å². The van der Waals surface area contributed by atoms with Crippen molar-refractivity contribution in [3.05, 3.63) is 32.9 Å². The van der Waals surface area contributed by atoms with Crippen molar-refractivity contribution >= 4 is 51.4 Å². The lowest BCUT2D eigenvalue weighted by Crippen LogP contribution is -2.02. The van der Waals surface area contributed by atoms with Crippen LogP contribution in [-0.2, 0) is 11.3 Å².